The molecule has 0 fully saturated rings. The third-order valence-electron chi connectivity index (χ3n) is 1.65. The highest BCUT2D eigenvalue weighted by Gasteiger charge is 2.07. The number of nitrogen functional groups attached to an aromatic ring is 1. The molecule has 0 bridgehead atoms. The minimum absolute atomic E-state index is 0.180. The van der Waals surface area contributed by atoms with Crippen LogP contribution >= 0.6 is 11.3 Å². The van der Waals surface area contributed by atoms with Gasteiger partial charge in [0.05, 0.1) is 0 Å². The number of unbranched alkanes of at least 4 members (excludes halogenated alkanes) is 1. The van der Waals surface area contributed by atoms with Crippen LogP contribution in [0.25, 0.3) is 0 Å². The monoisotopic (exact) mass is 227 g/mol. The van der Waals surface area contributed by atoms with Crippen LogP contribution in [0.1, 0.15) is 25.5 Å². The second-order valence-electron chi connectivity index (χ2n) is 2.85. The number of aldehydes is 1. The molecule has 1 aromatic rings. The molecule has 82 valence electrons. The number of anilines is 1. The normalized spacial score (nSPS) is 11.4. The molecule has 0 saturated heterocycles. The van der Waals surface area contributed by atoms with E-state index in [-0.39, 0.29) is 5.71 Å². The van der Waals surface area contributed by atoms with Crippen molar-refractivity contribution in [3.8, 4) is 0 Å². The molecule has 0 aliphatic heterocycles. The lowest BCUT2D eigenvalue weighted by Crippen LogP contribution is -2.04. The van der Waals surface area contributed by atoms with Crippen molar-refractivity contribution >= 4 is 28.5 Å². The maximum Gasteiger partial charge on any atom is 0.180 e. The van der Waals surface area contributed by atoms with Crippen LogP contribution in [0.3, 0.4) is 0 Å². The predicted molar refractivity (Wildman–Crippen MR) is 60.0 cm³/mol. The van der Waals surface area contributed by atoms with Crippen LogP contribution in [0.2, 0.25) is 0 Å². The molecule has 6 heteroatoms. The lowest BCUT2D eigenvalue weighted by Gasteiger charge is -1.97. The van der Waals surface area contributed by atoms with Gasteiger partial charge in [0.25, 0.3) is 0 Å². The smallest absolute Gasteiger partial charge is 0.180 e. The molecule has 0 aromatic carbocycles. The van der Waals surface area contributed by atoms with Gasteiger partial charge in [-0.2, -0.15) is 0 Å². The number of carbonyl (C=O) groups is 1. The van der Waals surface area contributed by atoms with Crippen molar-refractivity contribution in [3.63, 3.8) is 0 Å². The fraction of sp³-hybridized carbons (Fsp3) is 0.444. The summed E-state index contributed by atoms with van der Waals surface area (Å²) in [4.78, 5) is 19.6. The largest absolute Gasteiger partial charge is 0.395 e. The summed E-state index contributed by atoms with van der Waals surface area (Å²) in [6.45, 7) is 2.56. The zero-order valence-corrected chi connectivity index (χ0v) is 9.29. The van der Waals surface area contributed by atoms with Crippen LogP contribution in [-0.2, 0) is 9.63 Å². The lowest BCUT2D eigenvalue weighted by atomic mass is 10.3. The Kier molecular flexibility index (Phi) is 4.76. The molecule has 0 unspecified atom stereocenters. The highest BCUT2D eigenvalue weighted by atomic mass is 32.1. The van der Waals surface area contributed by atoms with Gasteiger partial charge in [-0.1, -0.05) is 18.5 Å². The van der Waals surface area contributed by atoms with Crippen molar-refractivity contribution in [1.29, 1.82) is 0 Å². The molecule has 15 heavy (non-hydrogen) atoms. The summed E-state index contributed by atoms with van der Waals surface area (Å²) in [5, 5.41) is 5.78. The molecular formula is C9H13N3O2S. The molecule has 5 nitrogen and oxygen atoms in total. The van der Waals surface area contributed by atoms with E-state index in [0.717, 1.165) is 12.8 Å². The number of nitrogens with zero attached hydrogens (tertiary/aromatic N) is 2. The highest BCUT2D eigenvalue weighted by Crippen LogP contribution is 2.11. The highest BCUT2D eigenvalue weighted by molar-refractivity contribution is 7.13. The standard InChI is InChI=1S/C9H13N3O2S/c1-2-3-4-14-12-7(5-13)8-6-15-9(10)11-8/h5-6H,2-4H2,1H3,(H2,10,11)/b12-7-. The van der Waals surface area contributed by atoms with E-state index in [1.54, 1.807) is 5.38 Å². The number of oxime groups is 1. The van der Waals surface area contributed by atoms with Gasteiger partial charge >= 0.3 is 0 Å². The average Bonchev–Trinajstić information content (AvgIpc) is 2.65. The fourth-order valence-corrected chi connectivity index (χ4v) is 1.41. The van der Waals surface area contributed by atoms with Crippen molar-refractivity contribution in [2.24, 2.45) is 5.16 Å². The van der Waals surface area contributed by atoms with E-state index in [4.69, 9.17) is 10.6 Å². The van der Waals surface area contributed by atoms with Crippen LogP contribution in [0, 0.1) is 0 Å². The summed E-state index contributed by atoms with van der Waals surface area (Å²) in [6, 6.07) is 0. The van der Waals surface area contributed by atoms with Crippen LogP contribution in [0.15, 0.2) is 10.5 Å². The molecule has 0 radical (unpaired) electrons. The van der Waals surface area contributed by atoms with Crippen LogP contribution in [-0.4, -0.2) is 23.6 Å². The van der Waals surface area contributed by atoms with Gasteiger partial charge in [0, 0.05) is 5.38 Å². The summed E-state index contributed by atoms with van der Waals surface area (Å²) in [5.74, 6) is 0. The third-order valence-corrected chi connectivity index (χ3v) is 2.32. The maximum absolute atomic E-state index is 10.7. The number of hydrogen-bond donors (Lipinski definition) is 1. The average molecular weight is 227 g/mol. The van der Waals surface area contributed by atoms with Crippen molar-refractivity contribution in [2.75, 3.05) is 12.3 Å². The minimum Gasteiger partial charge on any atom is -0.395 e. The molecule has 1 heterocycles. The lowest BCUT2D eigenvalue weighted by molar-refractivity contribution is -0.102. The molecule has 0 aliphatic carbocycles. The van der Waals surface area contributed by atoms with Crippen molar-refractivity contribution in [1.82, 2.24) is 4.98 Å². The number of hydrogen-bond acceptors (Lipinski definition) is 6. The Bertz CT molecular complexity index is 349. The number of nitrogens with two attached hydrogens (primary N) is 1. The molecule has 0 spiro atoms. The number of thiazole rings is 1. The van der Waals surface area contributed by atoms with Gasteiger partial charge in [-0.15, -0.1) is 11.3 Å². The van der Waals surface area contributed by atoms with Gasteiger partial charge in [0.15, 0.2) is 17.1 Å². The van der Waals surface area contributed by atoms with Crippen molar-refractivity contribution in [3.05, 3.63) is 11.1 Å². The van der Waals surface area contributed by atoms with Gasteiger partial charge in [0.1, 0.15) is 12.3 Å². The van der Waals surface area contributed by atoms with Crippen molar-refractivity contribution < 1.29 is 9.63 Å². The molecule has 0 aliphatic rings. The van der Waals surface area contributed by atoms with E-state index in [9.17, 15) is 4.79 Å². The van der Waals surface area contributed by atoms with Gasteiger partial charge < -0.3 is 10.6 Å². The summed E-state index contributed by atoms with van der Waals surface area (Å²) in [6.07, 6.45) is 2.55. The number of carbonyl (C=O) groups excluding carboxylic acids is 1. The molecule has 1 aromatic heterocycles. The Labute approximate surface area is 91.9 Å². The Morgan fingerprint density at radius 2 is 2.60 bits per heavy atom. The summed E-state index contributed by atoms with van der Waals surface area (Å²) >= 11 is 1.26. The minimum atomic E-state index is 0.180. The Hall–Kier alpha value is -1.43. The zero-order valence-electron chi connectivity index (χ0n) is 8.47. The molecule has 2 N–H and O–H groups in total. The van der Waals surface area contributed by atoms with Crippen LogP contribution in [0.5, 0.6) is 0 Å². The summed E-state index contributed by atoms with van der Waals surface area (Å²) < 4.78 is 0. The number of rotatable bonds is 6. The Morgan fingerprint density at radius 3 is 3.13 bits per heavy atom. The summed E-state index contributed by atoms with van der Waals surface area (Å²) in [5.41, 5.74) is 6.08. The van der Waals surface area contributed by atoms with E-state index in [1.165, 1.54) is 11.3 Å². The van der Waals surface area contributed by atoms with E-state index < -0.39 is 0 Å². The van der Waals surface area contributed by atoms with E-state index in [1.807, 2.05) is 0 Å². The molecule has 1 rings (SSSR count). The van der Waals surface area contributed by atoms with E-state index in [2.05, 4.69) is 17.1 Å². The van der Waals surface area contributed by atoms with Gasteiger partial charge in [-0.25, -0.2) is 4.98 Å². The maximum atomic E-state index is 10.7. The zero-order chi connectivity index (χ0) is 11.1. The first-order valence-corrected chi connectivity index (χ1v) is 5.52. The first-order valence-electron chi connectivity index (χ1n) is 4.64. The Morgan fingerprint density at radius 1 is 1.80 bits per heavy atom. The molecule has 0 atom stereocenters. The van der Waals surface area contributed by atoms with E-state index >= 15 is 0 Å². The van der Waals surface area contributed by atoms with Crippen molar-refractivity contribution in [2.45, 2.75) is 19.8 Å². The Balaban J connectivity index is 2.59. The number of aromatic nitrogens is 1. The third kappa shape index (κ3) is 3.67. The van der Waals surface area contributed by atoms with Gasteiger partial charge in [-0.3, -0.25) is 4.79 Å². The second kappa shape index (κ2) is 6.13. The van der Waals surface area contributed by atoms with Gasteiger partial charge in [-0.05, 0) is 6.42 Å². The topological polar surface area (TPSA) is 77.6 Å². The first-order chi connectivity index (χ1) is 7.27. The SMILES string of the molecule is CCCCO/N=C(/C=O)c1csc(N)n1. The molecule has 0 amide bonds. The predicted octanol–water partition coefficient (Wildman–Crippen LogP) is 1.44. The van der Waals surface area contributed by atoms with Crippen LogP contribution in [0.4, 0.5) is 5.13 Å². The fourth-order valence-electron chi connectivity index (χ4n) is 0.858. The first kappa shape index (κ1) is 11.6. The van der Waals surface area contributed by atoms with Crippen LogP contribution < -0.4 is 5.73 Å². The van der Waals surface area contributed by atoms with Gasteiger partial charge in [0.2, 0.25) is 0 Å². The molecular weight excluding hydrogens is 214 g/mol. The summed E-state index contributed by atoms with van der Waals surface area (Å²) in [7, 11) is 0. The molecule has 0 saturated carbocycles. The quantitative estimate of drug-likeness (QED) is 0.345. The van der Waals surface area contributed by atoms with E-state index in [0.29, 0.717) is 23.7 Å². The second-order valence-corrected chi connectivity index (χ2v) is 3.74.